The molecule has 4 N–H and O–H groups in total. The number of hydroxylamine groups is 1. The fourth-order valence-electron chi connectivity index (χ4n) is 4.18. The maximum absolute atomic E-state index is 13.6. The molecule has 10 nitrogen and oxygen atoms in total. The van der Waals surface area contributed by atoms with E-state index in [4.69, 9.17) is 20.6 Å². The predicted molar refractivity (Wildman–Crippen MR) is 143 cm³/mol. The van der Waals surface area contributed by atoms with Gasteiger partial charge < -0.3 is 10.5 Å². The number of nitrogens with zero attached hydrogens (tertiary/aromatic N) is 2. The summed E-state index contributed by atoms with van der Waals surface area (Å²) in [5.41, 5.74) is 11.9. The van der Waals surface area contributed by atoms with Gasteiger partial charge in [0.25, 0.3) is 5.91 Å². The average molecular weight is 528 g/mol. The summed E-state index contributed by atoms with van der Waals surface area (Å²) in [5, 5.41) is 10.1. The molecule has 10 heteroatoms. The molecule has 1 saturated heterocycles. The fourth-order valence-corrected chi connectivity index (χ4v) is 4.18. The molecule has 0 saturated carbocycles. The Bertz CT molecular complexity index is 954. The Morgan fingerprint density at radius 1 is 1.18 bits per heavy atom. The zero-order chi connectivity index (χ0) is 27.9. The van der Waals surface area contributed by atoms with E-state index in [1.807, 2.05) is 62.4 Å². The molecule has 0 radical (unpaired) electrons. The fraction of sp³-hybridized carbons (Fsp3) is 0.571. The van der Waals surface area contributed by atoms with E-state index in [0.29, 0.717) is 19.4 Å². The Hall–Kier alpha value is -3.26. The smallest absolute Gasteiger partial charge is 0.257 e. The van der Waals surface area contributed by atoms with Gasteiger partial charge in [-0.05, 0) is 44.1 Å². The van der Waals surface area contributed by atoms with Gasteiger partial charge in [0.15, 0.2) is 6.29 Å². The van der Waals surface area contributed by atoms with E-state index in [1.165, 1.54) is 6.92 Å². The number of carbonyl (C=O) groups excluding carboxylic acids is 3. The van der Waals surface area contributed by atoms with E-state index in [9.17, 15) is 14.4 Å². The molecule has 2 rings (SSSR count). The SMILES string of the molecule is CC(C)C[C@@H](C(=O)NN(CCC#N)C(=O)[C@@H](C)N)[C@H](CC=Cc1ccccc1)C(=O)NOC1CCCCO1. The summed E-state index contributed by atoms with van der Waals surface area (Å²) in [6.45, 7) is 5.98. The molecule has 0 aromatic heterocycles. The number of carbonyl (C=O) groups is 3. The minimum atomic E-state index is -0.866. The lowest BCUT2D eigenvalue weighted by Gasteiger charge is -2.31. The number of nitriles is 1. The average Bonchev–Trinajstić information content (AvgIpc) is 2.91. The first-order chi connectivity index (χ1) is 18.2. The Morgan fingerprint density at radius 3 is 2.53 bits per heavy atom. The molecule has 0 spiro atoms. The van der Waals surface area contributed by atoms with Crippen molar-refractivity contribution >= 4 is 23.8 Å². The minimum absolute atomic E-state index is 0.0100. The molecule has 4 atom stereocenters. The molecular formula is C28H41N5O5. The number of amides is 3. The normalized spacial score (nSPS) is 17.8. The highest BCUT2D eigenvalue weighted by Gasteiger charge is 2.35. The molecule has 1 aromatic carbocycles. The highest BCUT2D eigenvalue weighted by Crippen LogP contribution is 2.26. The van der Waals surface area contributed by atoms with Gasteiger partial charge >= 0.3 is 0 Å². The number of benzene rings is 1. The monoisotopic (exact) mass is 527 g/mol. The van der Waals surface area contributed by atoms with Crippen LogP contribution in [0.3, 0.4) is 0 Å². The number of allylic oxidation sites excluding steroid dienone is 1. The molecule has 1 heterocycles. The minimum Gasteiger partial charge on any atom is -0.350 e. The van der Waals surface area contributed by atoms with Crippen molar-refractivity contribution in [1.82, 2.24) is 15.9 Å². The quantitative estimate of drug-likeness (QED) is 0.334. The molecule has 208 valence electrons. The largest absolute Gasteiger partial charge is 0.350 e. The van der Waals surface area contributed by atoms with Crippen LogP contribution in [0.5, 0.6) is 0 Å². The van der Waals surface area contributed by atoms with E-state index in [-0.39, 0.29) is 25.3 Å². The molecule has 3 amide bonds. The summed E-state index contributed by atoms with van der Waals surface area (Å²) in [5.74, 6) is -2.94. The third-order valence-electron chi connectivity index (χ3n) is 6.16. The molecule has 1 fully saturated rings. The maximum Gasteiger partial charge on any atom is 0.257 e. The van der Waals surface area contributed by atoms with Gasteiger partial charge in [-0.25, -0.2) is 10.3 Å². The second-order valence-electron chi connectivity index (χ2n) is 9.93. The van der Waals surface area contributed by atoms with Gasteiger partial charge in [0.05, 0.1) is 36.9 Å². The lowest BCUT2D eigenvalue weighted by molar-refractivity contribution is -0.203. The van der Waals surface area contributed by atoms with Crippen molar-refractivity contribution in [3.63, 3.8) is 0 Å². The number of hydrazine groups is 1. The van der Waals surface area contributed by atoms with Crippen molar-refractivity contribution in [2.24, 2.45) is 23.5 Å². The molecule has 1 aromatic rings. The highest BCUT2D eigenvalue weighted by molar-refractivity contribution is 5.89. The summed E-state index contributed by atoms with van der Waals surface area (Å²) in [7, 11) is 0. The number of ether oxygens (including phenoxy) is 1. The van der Waals surface area contributed by atoms with Crippen LogP contribution in [0.15, 0.2) is 36.4 Å². The summed E-state index contributed by atoms with van der Waals surface area (Å²) < 4.78 is 5.55. The Morgan fingerprint density at radius 2 is 1.92 bits per heavy atom. The summed E-state index contributed by atoms with van der Waals surface area (Å²) in [4.78, 5) is 45.1. The van der Waals surface area contributed by atoms with Crippen molar-refractivity contribution in [3.8, 4) is 6.07 Å². The van der Waals surface area contributed by atoms with E-state index in [2.05, 4.69) is 10.9 Å². The molecule has 1 aliphatic rings. The van der Waals surface area contributed by atoms with Crippen molar-refractivity contribution in [2.75, 3.05) is 13.2 Å². The van der Waals surface area contributed by atoms with Gasteiger partial charge in [0.2, 0.25) is 11.8 Å². The van der Waals surface area contributed by atoms with Crippen LogP contribution in [0.4, 0.5) is 0 Å². The predicted octanol–water partition coefficient (Wildman–Crippen LogP) is 3.06. The second kappa shape index (κ2) is 16.6. The first-order valence-electron chi connectivity index (χ1n) is 13.3. The highest BCUT2D eigenvalue weighted by atomic mass is 16.8. The van der Waals surface area contributed by atoms with Gasteiger partial charge in [-0.15, -0.1) is 0 Å². The topological polar surface area (TPSA) is 147 Å². The van der Waals surface area contributed by atoms with Gasteiger partial charge in [-0.1, -0.05) is 56.3 Å². The van der Waals surface area contributed by atoms with Crippen LogP contribution in [0.25, 0.3) is 6.08 Å². The Balaban J connectivity index is 2.27. The van der Waals surface area contributed by atoms with Crippen molar-refractivity contribution in [1.29, 1.82) is 5.26 Å². The van der Waals surface area contributed by atoms with Crippen LogP contribution >= 0.6 is 0 Å². The van der Waals surface area contributed by atoms with Gasteiger partial charge in [0, 0.05) is 13.0 Å². The van der Waals surface area contributed by atoms with Gasteiger partial charge in [0.1, 0.15) is 0 Å². The number of hydrogen-bond donors (Lipinski definition) is 3. The lowest BCUT2D eigenvalue weighted by atomic mass is 9.82. The third-order valence-corrected chi connectivity index (χ3v) is 6.16. The van der Waals surface area contributed by atoms with E-state index in [1.54, 1.807) is 0 Å². The van der Waals surface area contributed by atoms with Gasteiger partial charge in [-0.2, -0.15) is 5.26 Å². The maximum atomic E-state index is 13.6. The molecule has 0 bridgehead atoms. The van der Waals surface area contributed by atoms with Crippen LogP contribution in [0.1, 0.15) is 64.9 Å². The lowest BCUT2D eigenvalue weighted by Crippen LogP contribution is -2.55. The molecule has 1 aliphatic heterocycles. The standard InChI is InChI=1S/C28H41N5O5/c1-20(2)19-24(26(34)31-33(17-10-16-29)28(36)21(3)30)23(14-9-13-22-11-5-4-6-12-22)27(35)32-38-25-15-7-8-18-37-25/h4-6,9,11-13,20-21,23-25H,7-8,10,14-15,17-19,30H2,1-3H3,(H,31,34)(H,32,35)/t21-,23+,24-,25?/m1/s1. The second-order valence-corrected chi connectivity index (χ2v) is 9.93. The molecule has 38 heavy (non-hydrogen) atoms. The van der Waals surface area contributed by atoms with Gasteiger partial charge in [-0.3, -0.25) is 24.8 Å². The van der Waals surface area contributed by atoms with Crippen LogP contribution in [-0.4, -0.2) is 48.2 Å². The Labute approximate surface area is 225 Å². The van der Waals surface area contributed by atoms with Crippen LogP contribution < -0.4 is 16.6 Å². The zero-order valence-electron chi connectivity index (χ0n) is 22.6. The summed E-state index contributed by atoms with van der Waals surface area (Å²) >= 11 is 0. The van der Waals surface area contributed by atoms with Crippen molar-refractivity contribution in [2.45, 2.75) is 71.6 Å². The van der Waals surface area contributed by atoms with Crippen molar-refractivity contribution in [3.05, 3.63) is 42.0 Å². The zero-order valence-corrected chi connectivity index (χ0v) is 22.6. The van der Waals surface area contributed by atoms with E-state index < -0.39 is 41.9 Å². The van der Waals surface area contributed by atoms with Crippen LogP contribution in [0.2, 0.25) is 0 Å². The number of nitrogens with one attached hydrogen (secondary N) is 2. The Kier molecular flexibility index (Phi) is 13.5. The number of hydrogen-bond acceptors (Lipinski definition) is 7. The molecule has 0 aliphatic carbocycles. The molecule has 1 unspecified atom stereocenters. The first-order valence-corrected chi connectivity index (χ1v) is 13.3. The van der Waals surface area contributed by atoms with Crippen LogP contribution in [0, 0.1) is 29.1 Å². The molecular weight excluding hydrogens is 486 g/mol. The van der Waals surface area contributed by atoms with E-state index >= 15 is 0 Å². The first kappa shape index (κ1) is 31.0. The van der Waals surface area contributed by atoms with E-state index in [0.717, 1.165) is 23.4 Å². The van der Waals surface area contributed by atoms with Crippen molar-refractivity contribution < 1.29 is 24.0 Å². The summed E-state index contributed by atoms with van der Waals surface area (Å²) in [6, 6.07) is 10.8. The summed E-state index contributed by atoms with van der Waals surface area (Å²) in [6.07, 6.45) is 6.45. The number of nitrogens with two attached hydrogens (primary N) is 1. The third kappa shape index (κ3) is 10.6. The number of rotatable bonds is 13. The van der Waals surface area contributed by atoms with Crippen LogP contribution in [-0.2, 0) is 24.0 Å².